The lowest BCUT2D eigenvalue weighted by atomic mass is 10.4. The van der Waals surface area contributed by atoms with Crippen molar-refractivity contribution in [1.29, 1.82) is 0 Å². The maximum absolute atomic E-state index is 5.84. The molecule has 2 aromatic heterocycles. The lowest BCUT2D eigenvalue weighted by Gasteiger charge is -2.06. The van der Waals surface area contributed by atoms with E-state index in [4.69, 9.17) is 16.3 Å². The molecule has 1 N–H and O–H groups in total. The minimum atomic E-state index is 0.339. The second kappa shape index (κ2) is 4.58. The van der Waals surface area contributed by atoms with Crippen molar-refractivity contribution >= 4 is 23.2 Å². The van der Waals surface area contributed by atoms with E-state index in [1.54, 1.807) is 10.9 Å². The number of anilines is 2. The van der Waals surface area contributed by atoms with Gasteiger partial charge >= 0.3 is 0 Å². The second-order valence-corrected chi connectivity index (χ2v) is 3.85. The van der Waals surface area contributed by atoms with Crippen molar-refractivity contribution in [3.8, 4) is 5.88 Å². The van der Waals surface area contributed by atoms with Crippen LogP contribution in [0.5, 0.6) is 5.88 Å². The third kappa shape index (κ3) is 2.31. The molecule has 7 heteroatoms. The molecule has 0 aromatic carbocycles. The van der Waals surface area contributed by atoms with E-state index in [0.29, 0.717) is 16.9 Å². The zero-order valence-corrected chi connectivity index (χ0v) is 10.5. The van der Waals surface area contributed by atoms with Crippen molar-refractivity contribution in [3.63, 3.8) is 0 Å². The number of aromatic nitrogens is 4. The van der Waals surface area contributed by atoms with Crippen LogP contribution in [0.4, 0.5) is 11.6 Å². The van der Waals surface area contributed by atoms with Crippen LogP contribution in [0.15, 0.2) is 12.4 Å². The van der Waals surface area contributed by atoms with Gasteiger partial charge in [0, 0.05) is 7.05 Å². The first kappa shape index (κ1) is 11.7. The van der Waals surface area contributed by atoms with Gasteiger partial charge in [0.2, 0.25) is 11.8 Å². The van der Waals surface area contributed by atoms with E-state index in [1.807, 2.05) is 14.0 Å². The van der Waals surface area contributed by atoms with E-state index >= 15 is 0 Å². The molecule has 90 valence electrons. The molecule has 6 nitrogen and oxygen atoms in total. The minimum absolute atomic E-state index is 0.339. The average Bonchev–Trinajstić information content (AvgIpc) is 2.63. The van der Waals surface area contributed by atoms with Crippen LogP contribution in [-0.2, 0) is 7.05 Å². The predicted molar refractivity (Wildman–Crippen MR) is 64.8 cm³/mol. The van der Waals surface area contributed by atoms with Crippen LogP contribution < -0.4 is 10.1 Å². The van der Waals surface area contributed by atoms with Crippen LogP contribution in [0, 0.1) is 6.92 Å². The van der Waals surface area contributed by atoms with Gasteiger partial charge in [-0.25, -0.2) is 4.98 Å². The first-order valence-electron chi connectivity index (χ1n) is 4.94. The monoisotopic (exact) mass is 253 g/mol. The summed E-state index contributed by atoms with van der Waals surface area (Å²) >= 11 is 5.84. The summed E-state index contributed by atoms with van der Waals surface area (Å²) in [4.78, 5) is 8.18. The maximum atomic E-state index is 5.84. The van der Waals surface area contributed by atoms with Gasteiger partial charge in [0.15, 0.2) is 0 Å². The van der Waals surface area contributed by atoms with Crippen LogP contribution >= 0.6 is 11.6 Å². The van der Waals surface area contributed by atoms with Crippen molar-refractivity contribution in [1.82, 2.24) is 19.7 Å². The van der Waals surface area contributed by atoms with E-state index in [-0.39, 0.29) is 0 Å². The first-order valence-corrected chi connectivity index (χ1v) is 5.31. The van der Waals surface area contributed by atoms with Crippen molar-refractivity contribution < 1.29 is 4.74 Å². The Labute approximate surface area is 104 Å². The molecular weight excluding hydrogens is 242 g/mol. The van der Waals surface area contributed by atoms with E-state index in [0.717, 1.165) is 11.4 Å². The molecule has 0 saturated heterocycles. The van der Waals surface area contributed by atoms with Crippen molar-refractivity contribution in [2.24, 2.45) is 7.05 Å². The number of methoxy groups -OCH3 is 1. The zero-order valence-electron chi connectivity index (χ0n) is 9.73. The van der Waals surface area contributed by atoms with Crippen molar-refractivity contribution in [2.45, 2.75) is 6.92 Å². The number of hydrogen-bond donors (Lipinski definition) is 1. The third-order valence-electron chi connectivity index (χ3n) is 2.39. The molecular formula is C10H12ClN5O. The predicted octanol–water partition coefficient (Wildman–Crippen LogP) is 1.92. The summed E-state index contributed by atoms with van der Waals surface area (Å²) in [5, 5.41) is 7.54. The number of nitrogens with zero attached hydrogens (tertiary/aromatic N) is 4. The average molecular weight is 254 g/mol. The molecule has 0 atom stereocenters. The number of rotatable bonds is 3. The fourth-order valence-electron chi connectivity index (χ4n) is 1.30. The summed E-state index contributed by atoms with van der Waals surface area (Å²) < 4.78 is 6.77. The Morgan fingerprint density at radius 3 is 2.76 bits per heavy atom. The molecule has 2 rings (SSSR count). The zero-order chi connectivity index (χ0) is 12.4. The molecule has 0 saturated carbocycles. The lowest BCUT2D eigenvalue weighted by Crippen LogP contribution is -2.00. The number of halogens is 1. The molecule has 0 radical (unpaired) electrons. The van der Waals surface area contributed by atoms with Gasteiger partial charge in [-0.3, -0.25) is 4.68 Å². The molecule has 0 amide bonds. The summed E-state index contributed by atoms with van der Waals surface area (Å²) in [7, 11) is 3.37. The summed E-state index contributed by atoms with van der Waals surface area (Å²) in [6, 6.07) is 0. The van der Waals surface area contributed by atoms with Gasteiger partial charge in [0.1, 0.15) is 5.02 Å². The normalized spacial score (nSPS) is 10.4. The molecule has 0 fully saturated rings. The van der Waals surface area contributed by atoms with Crippen molar-refractivity contribution in [3.05, 3.63) is 23.1 Å². The molecule has 0 bridgehead atoms. The van der Waals surface area contributed by atoms with Gasteiger partial charge in [0.25, 0.3) is 0 Å². The van der Waals surface area contributed by atoms with Gasteiger partial charge in [-0.1, -0.05) is 11.6 Å². The number of hydrogen-bond acceptors (Lipinski definition) is 5. The SMILES string of the molecule is COc1nc(Nc2cnn(C)c2C)ncc1Cl. The van der Waals surface area contributed by atoms with Crippen LogP contribution in [0.25, 0.3) is 0 Å². The number of aryl methyl sites for hydroxylation is 1. The van der Waals surface area contributed by atoms with E-state index in [1.165, 1.54) is 13.3 Å². The highest BCUT2D eigenvalue weighted by molar-refractivity contribution is 6.31. The summed E-state index contributed by atoms with van der Waals surface area (Å²) in [6.07, 6.45) is 3.20. The second-order valence-electron chi connectivity index (χ2n) is 3.44. The molecule has 17 heavy (non-hydrogen) atoms. The smallest absolute Gasteiger partial charge is 0.237 e. The Bertz CT molecular complexity index is 539. The highest BCUT2D eigenvalue weighted by atomic mass is 35.5. The van der Waals surface area contributed by atoms with Crippen LogP contribution in [0.3, 0.4) is 0 Å². The Morgan fingerprint density at radius 1 is 1.41 bits per heavy atom. The van der Waals surface area contributed by atoms with Gasteiger partial charge in [-0.15, -0.1) is 0 Å². The molecule has 0 aliphatic heterocycles. The third-order valence-corrected chi connectivity index (χ3v) is 2.65. The quantitative estimate of drug-likeness (QED) is 0.905. The number of nitrogens with one attached hydrogen (secondary N) is 1. The van der Waals surface area contributed by atoms with Crippen molar-refractivity contribution in [2.75, 3.05) is 12.4 Å². The maximum Gasteiger partial charge on any atom is 0.237 e. The molecule has 2 aromatic rings. The Hall–Kier alpha value is -1.82. The molecule has 0 aliphatic rings. The van der Waals surface area contributed by atoms with Gasteiger partial charge in [-0.05, 0) is 6.92 Å². The van der Waals surface area contributed by atoms with Crippen LogP contribution in [0.1, 0.15) is 5.69 Å². The Kier molecular flexibility index (Phi) is 3.14. The Balaban J connectivity index is 2.27. The first-order chi connectivity index (χ1) is 8.11. The standard InChI is InChI=1S/C10H12ClN5O/c1-6-8(5-13-16(6)2)14-10-12-4-7(11)9(15-10)17-3/h4-5H,1-3H3,(H,12,14,15). The summed E-state index contributed by atoms with van der Waals surface area (Å²) in [6.45, 7) is 1.95. The minimum Gasteiger partial charge on any atom is -0.480 e. The summed E-state index contributed by atoms with van der Waals surface area (Å²) in [5.41, 5.74) is 1.83. The largest absolute Gasteiger partial charge is 0.480 e. The summed E-state index contributed by atoms with van der Waals surface area (Å²) in [5.74, 6) is 0.757. The fraction of sp³-hybridized carbons (Fsp3) is 0.300. The van der Waals surface area contributed by atoms with Gasteiger partial charge in [-0.2, -0.15) is 10.1 Å². The van der Waals surface area contributed by atoms with Gasteiger partial charge < -0.3 is 10.1 Å². The topological polar surface area (TPSA) is 64.9 Å². The van der Waals surface area contributed by atoms with Crippen LogP contribution in [-0.4, -0.2) is 26.9 Å². The van der Waals surface area contributed by atoms with E-state index in [2.05, 4.69) is 20.4 Å². The van der Waals surface area contributed by atoms with Gasteiger partial charge in [0.05, 0.1) is 30.9 Å². The molecule has 0 spiro atoms. The van der Waals surface area contributed by atoms with E-state index in [9.17, 15) is 0 Å². The van der Waals surface area contributed by atoms with Crippen LogP contribution in [0.2, 0.25) is 5.02 Å². The van der Waals surface area contributed by atoms with E-state index < -0.39 is 0 Å². The number of ether oxygens (including phenoxy) is 1. The highest BCUT2D eigenvalue weighted by Gasteiger charge is 2.08. The molecule has 2 heterocycles. The fourth-order valence-corrected chi connectivity index (χ4v) is 1.46. The molecule has 0 aliphatic carbocycles. The highest BCUT2D eigenvalue weighted by Crippen LogP contribution is 2.23. The molecule has 0 unspecified atom stereocenters. The Morgan fingerprint density at radius 2 is 2.18 bits per heavy atom. The lowest BCUT2D eigenvalue weighted by molar-refractivity contribution is 0.398.